The Balaban J connectivity index is 1.19. The van der Waals surface area contributed by atoms with E-state index in [1.54, 1.807) is 6.26 Å². The van der Waals surface area contributed by atoms with Gasteiger partial charge in [-0.05, 0) is 29.9 Å². The highest BCUT2D eigenvalue weighted by atomic mass is 16.3. The lowest BCUT2D eigenvalue weighted by Crippen LogP contribution is -2.27. The summed E-state index contributed by atoms with van der Waals surface area (Å²) in [4.78, 5) is 14.5. The summed E-state index contributed by atoms with van der Waals surface area (Å²) < 4.78 is 7.07. The monoisotopic (exact) mass is 314 g/mol. The van der Waals surface area contributed by atoms with Gasteiger partial charge < -0.3 is 9.73 Å². The average Bonchev–Trinajstić information content (AvgIpc) is 3.04. The first kappa shape index (κ1) is 14.5. The third-order valence-electron chi connectivity index (χ3n) is 5.07. The van der Waals surface area contributed by atoms with Crippen LogP contribution in [0, 0.1) is 17.8 Å². The summed E-state index contributed by atoms with van der Waals surface area (Å²) in [5.41, 5.74) is 1.27. The third kappa shape index (κ3) is 3.17. The molecule has 1 amide bonds. The second kappa shape index (κ2) is 5.85. The molecule has 1 N–H and O–H groups in total. The number of fused-ring (bicyclic) bond motifs is 1. The highest BCUT2D eigenvalue weighted by Crippen LogP contribution is 2.53. The fraction of sp³-hybridized carbons (Fsp3) is 0.529. The van der Waals surface area contributed by atoms with E-state index in [1.807, 2.05) is 30.1 Å². The molecule has 23 heavy (non-hydrogen) atoms. The molecule has 2 aromatic heterocycles. The van der Waals surface area contributed by atoms with Crippen molar-refractivity contribution in [3.8, 4) is 0 Å². The van der Waals surface area contributed by atoms with Crippen LogP contribution >= 0.6 is 0 Å². The molecule has 3 atom stereocenters. The maximum absolute atomic E-state index is 12.0. The number of carbonyl (C=O) groups is 1. The largest absolute Gasteiger partial charge is 0.467 e. The quantitative estimate of drug-likeness (QED) is 0.875. The number of nitrogens with one attached hydrogen (secondary N) is 1. The van der Waals surface area contributed by atoms with Gasteiger partial charge in [0, 0.05) is 44.9 Å². The van der Waals surface area contributed by atoms with Crippen LogP contribution in [-0.4, -0.2) is 33.7 Å². The number of furan rings is 1. The first-order valence-electron chi connectivity index (χ1n) is 8.18. The fourth-order valence-corrected chi connectivity index (χ4v) is 3.87. The Bertz CT molecular complexity index is 667. The molecule has 6 nitrogen and oxygen atoms in total. The minimum atomic E-state index is 0.139. The zero-order chi connectivity index (χ0) is 15.8. The van der Waals surface area contributed by atoms with E-state index in [4.69, 9.17) is 4.42 Å². The van der Waals surface area contributed by atoms with Gasteiger partial charge in [-0.2, -0.15) is 5.10 Å². The van der Waals surface area contributed by atoms with E-state index in [2.05, 4.69) is 21.5 Å². The number of likely N-dealkylation sites (tertiary alicyclic amines) is 1. The lowest BCUT2D eigenvalue weighted by Gasteiger charge is -2.18. The van der Waals surface area contributed by atoms with E-state index in [0.717, 1.165) is 25.4 Å². The van der Waals surface area contributed by atoms with Crippen molar-refractivity contribution in [3.63, 3.8) is 0 Å². The lowest BCUT2D eigenvalue weighted by molar-refractivity contribution is -0.121. The molecule has 2 fully saturated rings. The number of carbonyl (C=O) groups excluding carboxylic acids is 1. The Kier molecular flexibility index (Phi) is 3.69. The van der Waals surface area contributed by atoms with Gasteiger partial charge in [0.25, 0.3) is 0 Å². The minimum Gasteiger partial charge on any atom is -0.467 e. The highest BCUT2D eigenvalue weighted by Gasteiger charge is 2.55. The smallest absolute Gasteiger partial charge is 0.220 e. The van der Waals surface area contributed by atoms with Crippen LogP contribution in [0.15, 0.2) is 35.2 Å². The number of rotatable bonds is 6. The van der Waals surface area contributed by atoms with Crippen molar-refractivity contribution in [2.24, 2.45) is 24.8 Å². The second-order valence-corrected chi connectivity index (χ2v) is 6.77. The average molecular weight is 314 g/mol. The Morgan fingerprint density at radius 3 is 2.91 bits per heavy atom. The Labute approximate surface area is 135 Å². The van der Waals surface area contributed by atoms with Crippen molar-refractivity contribution in [1.82, 2.24) is 20.0 Å². The molecule has 0 radical (unpaired) electrons. The molecule has 0 bridgehead atoms. The molecule has 1 aliphatic heterocycles. The molecule has 2 aliphatic rings. The summed E-state index contributed by atoms with van der Waals surface area (Å²) in [6.45, 7) is 3.67. The van der Waals surface area contributed by atoms with Gasteiger partial charge in [-0.15, -0.1) is 0 Å². The SMILES string of the molecule is Cn1cc(CN2C[C@@H]3C(CC(=O)NCc4ccco4)[C@@H]3C2)cn1. The molecule has 6 heteroatoms. The van der Waals surface area contributed by atoms with Crippen LogP contribution in [0.25, 0.3) is 0 Å². The molecule has 2 aromatic rings. The van der Waals surface area contributed by atoms with Gasteiger partial charge in [0.2, 0.25) is 5.91 Å². The van der Waals surface area contributed by atoms with Crippen molar-refractivity contribution in [3.05, 3.63) is 42.1 Å². The maximum Gasteiger partial charge on any atom is 0.220 e. The van der Waals surface area contributed by atoms with E-state index < -0.39 is 0 Å². The second-order valence-electron chi connectivity index (χ2n) is 6.77. The number of piperidine rings is 1. The standard InChI is InChI=1S/C17H22N4O2/c1-20-8-12(6-19-20)9-21-10-15-14(16(15)11-21)5-17(22)18-7-13-3-2-4-23-13/h2-4,6,8,14-16H,5,7,9-11H2,1H3,(H,18,22)/t14?,15-,16+. The van der Waals surface area contributed by atoms with Crippen LogP contribution in [0.2, 0.25) is 0 Å². The summed E-state index contributed by atoms with van der Waals surface area (Å²) >= 11 is 0. The van der Waals surface area contributed by atoms with E-state index in [0.29, 0.717) is 30.7 Å². The van der Waals surface area contributed by atoms with Crippen molar-refractivity contribution in [2.75, 3.05) is 13.1 Å². The summed E-state index contributed by atoms with van der Waals surface area (Å²) in [7, 11) is 1.95. The normalized spacial score (nSPS) is 26.2. The van der Waals surface area contributed by atoms with E-state index in [9.17, 15) is 4.79 Å². The van der Waals surface area contributed by atoms with Crippen molar-refractivity contribution in [2.45, 2.75) is 19.5 Å². The predicted octanol–water partition coefficient (Wildman–Crippen LogP) is 1.40. The first-order chi connectivity index (χ1) is 11.2. The van der Waals surface area contributed by atoms with Crippen molar-refractivity contribution >= 4 is 5.91 Å². The molecule has 1 unspecified atom stereocenters. The number of hydrogen-bond acceptors (Lipinski definition) is 4. The first-order valence-corrected chi connectivity index (χ1v) is 8.18. The molecule has 122 valence electrons. The van der Waals surface area contributed by atoms with Gasteiger partial charge in [0.15, 0.2) is 0 Å². The van der Waals surface area contributed by atoms with E-state index in [-0.39, 0.29) is 5.91 Å². The Morgan fingerprint density at radius 1 is 1.43 bits per heavy atom. The van der Waals surface area contributed by atoms with Gasteiger partial charge in [-0.1, -0.05) is 0 Å². The molecular formula is C17H22N4O2. The number of hydrogen-bond donors (Lipinski definition) is 1. The number of aromatic nitrogens is 2. The van der Waals surface area contributed by atoms with Crippen molar-refractivity contribution in [1.29, 1.82) is 0 Å². The lowest BCUT2D eigenvalue weighted by atomic mass is 10.1. The highest BCUT2D eigenvalue weighted by molar-refractivity contribution is 5.76. The molecule has 3 heterocycles. The van der Waals surface area contributed by atoms with Crippen molar-refractivity contribution < 1.29 is 9.21 Å². The topological polar surface area (TPSA) is 63.3 Å². The van der Waals surface area contributed by atoms with Crippen LogP contribution in [0.1, 0.15) is 17.7 Å². The predicted molar refractivity (Wildman–Crippen MR) is 84.1 cm³/mol. The molecule has 0 spiro atoms. The summed E-state index contributed by atoms with van der Waals surface area (Å²) in [6.07, 6.45) is 6.29. The fourth-order valence-electron chi connectivity index (χ4n) is 3.87. The van der Waals surface area contributed by atoms with Crippen LogP contribution in [0.4, 0.5) is 0 Å². The van der Waals surface area contributed by atoms with Gasteiger partial charge in [-0.25, -0.2) is 0 Å². The van der Waals surface area contributed by atoms with Gasteiger partial charge >= 0.3 is 0 Å². The zero-order valence-electron chi connectivity index (χ0n) is 13.3. The number of amides is 1. The molecular weight excluding hydrogens is 292 g/mol. The molecule has 0 aromatic carbocycles. The van der Waals surface area contributed by atoms with E-state index >= 15 is 0 Å². The molecule has 1 saturated carbocycles. The molecule has 4 rings (SSSR count). The minimum absolute atomic E-state index is 0.139. The Hall–Kier alpha value is -2.08. The third-order valence-corrected chi connectivity index (χ3v) is 5.07. The summed E-state index contributed by atoms with van der Waals surface area (Å²) in [5, 5.41) is 7.16. The van der Waals surface area contributed by atoms with Crippen LogP contribution < -0.4 is 5.32 Å². The summed E-state index contributed by atoms with van der Waals surface area (Å²) in [5.74, 6) is 2.90. The van der Waals surface area contributed by atoms with Gasteiger partial charge in [0.05, 0.1) is 19.0 Å². The number of aryl methyl sites for hydroxylation is 1. The molecule has 1 saturated heterocycles. The Morgan fingerprint density at radius 2 is 2.26 bits per heavy atom. The van der Waals surface area contributed by atoms with Gasteiger partial charge in [-0.3, -0.25) is 14.4 Å². The maximum atomic E-state index is 12.0. The zero-order valence-corrected chi connectivity index (χ0v) is 13.3. The number of nitrogens with zero attached hydrogens (tertiary/aromatic N) is 3. The summed E-state index contributed by atoms with van der Waals surface area (Å²) in [6, 6.07) is 3.71. The molecule has 1 aliphatic carbocycles. The van der Waals surface area contributed by atoms with Crippen LogP contribution in [0.3, 0.4) is 0 Å². The van der Waals surface area contributed by atoms with Gasteiger partial charge in [0.1, 0.15) is 5.76 Å². The van der Waals surface area contributed by atoms with Crippen LogP contribution in [0.5, 0.6) is 0 Å². The van der Waals surface area contributed by atoms with Crippen LogP contribution in [-0.2, 0) is 24.9 Å². The van der Waals surface area contributed by atoms with E-state index in [1.165, 1.54) is 5.56 Å².